The van der Waals surface area contributed by atoms with Crippen LogP contribution in [0.4, 0.5) is 4.39 Å². The fourth-order valence-electron chi connectivity index (χ4n) is 2.16. The highest BCUT2D eigenvalue weighted by atomic mass is 79.9. The van der Waals surface area contributed by atoms with E-state index in [1.807, 2.05) is 12.1 Å². The molecular formula is C16H18BrFN2S. The Kier molecular flexibility index (Phi) is 6.23. The Morgan fingerprint density at radius 2 is 1.95 bits per heavy atom. The van der Waals surface area contributed by atoms with Crippen molar-refractivity contribution >= 4 is 27.7 Å². The Labute approximate surface area is 137 Å². The summed E-state index contributed by atoms with van der Waals surface area (Å²) in [5, 5.41) is 0. The molecule has 2 nitrogen and oxygen atoms in total. The third-order valence-electron chi connectivity index (χ3n) is 3.23. The van der Waals surface area contributed by atoms with Crippen molar-refractivity contribution in [2.75, 3.05) is 5.75 Å². The van der Waals surface area contributed by atoms with E-state index in [4.69, 9.17) is 5.84 Å². The third kappa shape index (κ3) is 4.54. The lowest BCUT2D eigenvalue weighted by molar-refractivity contribution is 0.528. The van der Waals surface area contributed by atoms with Gasteiger partial charge in [-0.25, -0.2) is 4.39 Å². The second-order valence-corrected chi connectivity index (χ2v) is 6.91. The van der Waals surface area contributed by atoms with Gasteiger partial charge in [-0.05, 0) is 53.6 Å². The van der Waals surface area contributed by atoms with Crippen molar-refractivity contribution in [1.29, 1.82) is 0 Å². The molecule has 5 heteroatoms. The van der Waals surface area contributed by atoms with Crippen LogP contribution in [0.3, 0.4) is 0 Å². The Hall–Kier alpha value is -0.880. The molecular weight excluding hydrogens is 351 g/mol. The summed E-state index contributed by atoms with van der Waals surface area (Å²) in [6, 6.07) is 13.1. The number of thioether (sulfide) groups is 1. The first-order valence-electron chi connectivity index (χ1n) is 6.77. The van der Waals surface area contributed by atoms with E-state index in [9.17, 15) is 4.39 Å². The van der Waals surface area contributed by atoms with Gasteiger partial charge in [0, 0.05) is 9.37 Å². The summed E-state index contributed by atoms with van der Waals surface area (Å²) in [5.74, 6) is 6.48. The third-order valence-corrected chi connectivity index (χ3v) is 4.61. The second-order valence-electron chi connectivity index (χ2n) is 4.66. The van der Waals surface area contributed by atoms with Crippen molar-refractivity contribution < 1.29 is 4.39 Å². The fourth-order valence-corrected chi connectivity index (χ4v) is 3.23. The molecule has 0 aromatic heterocycles. The number of hydrazine groups is 1. The van der Waals surface area contributed by atoms with E-state index in [0.717, 1.165) is 15.8 Å². The highest BCUT2D eigenvalue weighted by Gasteiger charge is 2.13. The highest BCUT2D eigenvalue weighted by molar-refractivity contribution is 9.10. The summed E-state index contributed by atoms with van der Waals surface area (Å²) in [6.07, 6.45) is 0.502. The summed E-state index contributed by atoms with van der Waals surface area (Å²) in [4.78, 5) is 1.23. The zero-order valence-corrected chi connectivity index (χ0v) is 14.2. The first-order chi connectivity index (χ1) is 10.1. The maximum absolute atomic E-state index is 13.9. The minimum Gasteiger partial charge on any atom is -0.271 e. The van der Waals surface area contributed by atoms with Gasteiger partial charge in [-0.2, -0.15) is 0 Å². The minimum atomic E-state index is -0.211. The minimum absolute atomic E-state index is 0.116. The largest absolute Gasteiger partial charge is 0.271 e. The van der Waals surface area contributed by atoms with Crippen molar-refractivity contribution in [3.05, 3.63) is 63.9 Å². The molecule has 112 valence electrons. The smallest absolute Gasteiger partial charge is 0.126 e. The summed E-state index contributed by atoms with van der Waals surface area (Å²) in [7, 11) is 0. The van der Waals surface area contributed by atoms with Crippen molar-refractivity contribution in [2.45, 2.75) is 24.3 Å². The van der Waals surface area contributed by atoms with Gasteiger partial charge in [0.05, 0.1) is 6.04 Å². The fraction of sp³-hybridized carbons (Fsp3) is 0.250. The standard InChI is InChI=1S/C16H18BrFN2S/c1-2-21-14-6-3-11(4-7-14)16(20-19)10-12-9-13(17)5-8-15(12)18/h3-9,16,20H,2,10,19H2,1H3. The monoisotopic (exact) mass is 368 g/mol. The van der Waals surface area contributed by atoms with Gasteiger partial charge in [-0.1, -0.05) is 35.0 Å². The average molecular weight is 369 g/mol. The van der Waals surface area contributed by atoms with Crippen molar-refractivity contribution in [2.24, 2.45) is 5.84 Å². The maximum Gasteiger partial charge on any atom is 0.126 e. The van der Waals surface area contributed by atoms with Crippen molar-refractivity contribution in [3.63, 3.8) is 0 Å². The van der Waals surface area contributed by atoms with Crippen LogP contribution in [0.1, 0.15) is 24.1 Å². The van der Waals surface area contributed by atoms with Crippen LogP contribution in [0.2, 0.25) is 0 Å². The van der Waals surface area contributed by atoms with Crippen molar-refractivity contribution in [3.8, 4) is 0 Å². The number of hydrogen-bond acceptors (Lipinski definition) is 3. The van der Waals surface area contributed by atoms with Crippen molar-refractivity contribution in [1.82, 2.24) is 5.43 Å². The number of benzene rings is 2. The SMILES string of the molecule is CCSc1ccc(C(Cc2cc(Br)ccc2F)NN)cc1. The molecule has 0 radical (unpaired) electrons. The molecule has 2 aromatic carbocycles. The van der Waals surface area contributed by atoms with E-state index in [1.54, 1.807) is 23.9 Å². The molecule has 3 N–H and O–H groups in total. The first-order valence-corrected chi connectivity index (χ1v) is 8.54. The van der Waals surface area contributed by atoms with Gasteiger partial charge in [0.15, 0.2) is 0 Å². The summed E-state index contributed by atoms with van der Waals surface area (Å²) < 4.78 is 14.7. The Bertz CT molecular complexity index is 589. The van der Waals surface area contributed by atoms with Crippen LogP contribution in [0.25, 0.3) is 0 Å². The van der Waals surface area contributed by atoms with E-state index >= 15 is 0 Å². The van der Waals surface area contributed by atoms with Crippen LogP contribution in [0, 0.1) is 5.82 Å². The molecule has 21 heavy (non-hydrogen) atoms. The van der Waals surface area contributed by atoms with Crippen LogP contribution >= 0.6 is 27.7 Å². The molecule has 2 aromatic rings. The second kappa shape index (κ2) is 7.94. The quantitative estimate of drug-likeness (QED) is 0.449. The van der Waals surface area contributed by atoms with E-state index < -0.39 is 0 Å². The lowest BCUT2D eigenvalue weighted by Gasteiger charge is -2.17. The van der Waals surface area contributed by atoms with Gasteiger partial charge < -0.3 is 0 Å². The normalized spacial score (nSPS) is 12.4. The number of rotatable bonds is 6. The predicted octanol–water partition coefficient (Wildman–Crippen LogP) is 4.45. The van der Waals surface area contributed by atoms with Gasteiger partial charge in [0.25, 0.3) is 0 Å². The molecule has 0 saturated heterocycles. The summed E-state index contributed by atoms with van der Waals surface area (Å²) in [6.45, 7) is 2.12. The lowest BCUT2D eigenvalue weighted by Crippen LogP contribution is -2.29. The van der Waals surface area contributed by atoms with Crippen LogP contribution in [0.15, 0.2) is 51.8 Å². The molecule has 0 amide bonds. The molecule has 0 aliphatic rings. The van der Waals surface area contributed by atoms with E-state index in [1.165, 1.54) is 11.0 Å². The van der Waals surface area contributed by atoms with Gasteiger partial charge >= 0.3 is 0 Å². The van der Waals surface area contributed by atoms with E-state index in [2.05, 4.69) is 40.4 Å². The lowest BCUT2D eigenvalue weighted by atomic mass is 9.99. The Morgan fingerprint density at radius 3 is 2.57 bits per heavy atom. The van der Waals surface area contributed by atoms with Crippen LogP contribution < -0.4 is 11.3 Å². The highest BCUT2D eigenvalue weighted by Crippen LogP contribution is 2.25. The number of hydrogen-bond donors (Lipinski definition) is 2. The zero-order valence-electron chi connectivity index (χ0n) is 11.8. The molecule has 0 heterocycles. The van der Waals surface area contributed by atoms with Crippen LogP contribution in [0.5, 0.6) is 0 Å². The molecule has 0 saturated carbocycles. The first kappa shape index (κ1) is 16.5. The Balaban J connectivity index is 2.17. The molecule has 1 atom stereocenters. The number of nitrogens with one attached hydrogen (secondary N) is 1. The van der Waals surface area contributed by atoms with Gasteiger partial charge in [0.1, 0.15) is 5.82 Å². The average Bonchev–Trinajstić information content (AvgIpc) is 2.49. The topological polar surface area (TPSA) is 38.0 Å². The van der Waals surface area contributed by atoms with Gasteiger partial charge in [0.2, 0.25) is 0 Å². The number of nitrogens with two attached hydrogens (primary N) is 1. The molecule has 0 bridgehead atoms. The van der Waals surface area contributed by atoms with E-state index in [0.29, 0.717) is 12.0 Å². The summed E-state index contributed by atoms with van der Waals surface area (Å²) >= 11 is 5.16. The molecule has 0 aliphatic heterocycles. The molecule has 0 spiro atoms. The molecule has 1 unspecified atom stereocenters. The van der Waals surface area contributed by atoms with Gasteiger partial charge in [-0.15, -0.1) is 11.8 Å². The van der Waals surface area contributed by atoms with Crippen LogP contribution in [-0.4, -0.2) is 5.75 Å². The zero-order chi connectivity index (χ0) is 15.2. The predicted molar refractivity (Wildman–Crippen MR) is 90.7 cm³/mol. The van der Waals surface area contributed by atoms with E-state index in [-0.39, 0.29) is 11.9 Å². The number of halogens is 2. The molecule has 0 fully saturated rings. The van der Waals surface area contributed by atoms with Gasteiger partial charge in [-0.3, -0.25) is 11.3 Å². The molecule has 0 aliphatic carbocycles. The van der Waals surface area contributed by atoms with Crippen LogP contribution in [-0.2, 0) is 6.42 Å². The maximum atomic E-state index is 13.9. The molecule has 2 rings (SSSR count). The Morgan fingerprint density at radius 1 is 1.24 bits per heavy atom. The summed E-state index contributed by atoms with van der Waals surface area (Å²) in [5.41, 5.74) is 4.47.